The SMILES string of the molecule is Cc1ccc(OC2CCN(C(=O)c3cc([N+](=O)[O-])ccc3I)CC2)cc1C. The first-order valence-electron chi connectivity index (χ1n) is 8.82. The molecule has 0 spiro atoms. The van der Waals surface area contributed by atoms with E-state index in [2.05, 4.69) is 13.8 Å². The van der Waals surface area contributed by atoms with Gasteiger partial charge in [0.2, 0.25) is 0 Å². The molecule has 0 atom stereocenters. The Kier molecular flexibility index (Phi) is 5.98. The number of nitro groups is 1. The summed E-state index contributed by atoms with van der Waals surface area (Å²) in [6, 6.07) is 10.5. The fraction of sp³-hybridized carbons (Fsp3) is 0.350. The number of piperidine rings is 1. The molecule has 1 heterocycles. The van der Waals surface area contributed by atoms with Gasteiger partial charge in [-0.05, 0) is 65.8 Å². The Morgan fingerprint density at radius 3 is 2.48 bits per heavy atom. The van der Waals surface area contributed by atoms with Crippen LogP contribution in [-0.2, 0) is 0 Å². The van der Waals surface area contributed by atoms with Crippen molar-refractivity contribution in [3.8, 4) is 5.75 Å². The lowest BCUT2D eigenvalue weighted by molar-refractivity contribution is -0.384. The molecule has 3 rings (SSSR count). The Labute approximate surface area is 171 Å². The van der Waals surface area contributed by atoms with Crippen LogP contribution in [0.25, 0.3) is 0 Å². The summed E-state index contributed by atoms with van der Waals surface area (Å²) >= 11 is 2.04. The zero-order valence-electron chi connectivity index (χ0n) is 15.3. The number of amides is 1. The monoisotopic (exact) mass is 480 g/mol. The standard InChI is InChI=1S/C20H21IN2O4/c1-13-3-5-17(11-14(13)2)27-16-7-9-22(10-8-16)20(24)18-12-15(23(25)26)4-6-19(18)21/h3-6,11-12,16H,7-10H2,1-2H3. The average molecular weight is 480 g/mol. The molecule has 2 aromatic rings. The van der Waals surface area contributed by atoms with Gasteiger partial charge in [-0.25, -0.2) is 0 Å². The Bertz CT molecular complexity index is 876. The molecule has 1 saturated heterocycles. The van der Waals surface area contributed by atoms with Crippen LogP contribution >= 0.6 is 22.6 Å². The van der Waals surface area contributed by atoms with E-state index < -0.39 is 4.92 Å². The predicted octanol–water partition coefficient (Wildman–Crippen LogP) is 4.50. The topological polar surface area (TPSA) is 72.7 Å². The van der Waals surface area contributed by atoms with Crippen molar-refractivity contribution < 1.29 is 14.5 Å². The number of rotatable bonds is 4. The van der Waals surface area contributed by atoms with Gasteiger partial charge in [0.15, 0.2) is 0 Å². The first-order chi connectivity index (χ1) is 12.8. The highest BCUT2D eigenvalue weighted by Crippen LogP contribution is 2.25. The van der Waals surface area contributed by atoms with E-state index in [9.17, 15) is 14.9 Å². The molecule has 1 fully saturated rings. The van der Waals surface area contributed by atoms with Crippen LogP contribution in [-0.4, -0.2) is 34.9 Å². The van der Waals surface area contributed by atoms with Crippen LogP contribution in [0.2, 0.25) is 0 Å². The third kappa shape index (κ3) is 4.58. The number of carbonyl (C=O) groups is 1. The summed E-state index contributed by atoms with van der Waals surface area (Å²) in [7, 11) is 0. The number of carbonyl (C=O) groups excluding carboxylic acids is 1. The van der Waals surface area contributed by atoms with E-state index in [1.807, 2.05) is 40.8 Å². The maximum absolute atomic E-state index is 12.8. The van der Waals surface area contributed by atoms with Gasteiger partial charge in [0.05, 0.1) is 10.5 Å². The number of ether oxygens (including phenoxy) is 1. The Morgan fingerprint density at radius 2 is 1.85 bits per heavy atom. The maximum atomic E-state index is 12.8. The van der Waals surface area contributed by atoms with Gasteiger partial charge in [0.25, 0.3) is 11.6 Å². The summed E-state index contributed by atoms with van der Waals surface area (Å²) in [4.78, 5) is 25.1. The van der Waals surface area contributed by atoms with Gasteiger partial charge in [-0.15, -0.1) is 0 Å². The number of aryl methyl sites for hydroxylation is 2. The van der Waals surface area contributed by atoms with Crippen molar-refractivity contribution >= 4 is 34.2 Å². The van der Waals surface area contributed by atoms with Crippen LogP contribution in [0.3, 0.4) is 0 Å². The smallest absolute Gasteiger partial charge is 0.270 e. The quantitative estimate of drug-likeness (QED) is 0.367. The molecule has 142 valence electrons. The molecular weight excluding hydrogens is 459 g/mol. The molecule has 2 aromatic carbocycles. The molecule has 27 heavy (non-hydrogen) atoms. The number of hydrogen-bond acceptors (Lipinski definition) is 4. The number of non-ortho nitro benzene ring substituents is 1. The van der Waals surface area contributed by atoms with Gasteiger partial charge in [-0.1, -0.05) is 6.07 Å². The first kappa shape index (κ1) is 19.6. The van der Waals surface area contributed by atoms with E-state index in [0.29, 0.717) is 18.7 Å². The number of hydrogen-bond donors (Lipinski definition) is 0. The lowest BCUT2D eigenvalue weighted by Gasteiger charge is -2.32. The van der Waals surface area contributed by atoms with E-state index in [0.717, 1.165) is 22.2 Å². The first-order valence-corrected chi connectivity index (χ1v) is 9.90. The van der Waals surface area contributed by atoms with Crippen molar-refractivity contribution in [3.63, 3.8) is 0 Å². The van der Waals surface area contributed by atoms with Gasteiger partial charge in [-0.2, -0.15) is 0 Å². The van der Waals surface area contributed by atoms with Gasteiger partial charge in [0, 0.05) is 41.6 Å². The minimum Gasteiger partial charge on any atom is -0.490 e. The molecule has 1 aliphatic rings. The summed E-state index contributed by atoms with van der Waals surface area (Å²) in [5.41, 5.74) is 2.75. The summed E-state index contributed by atoms with van der Waals surface area (Å²) in [5.74, 6) is 0.698. The van der Waals surface area contributed by atoms with Crippen molar-refractivity contribution in [1.29, 1.82) is 0 Å². The van der Waals surface area contributed by atoms with Crippen molar-refractivity contribution in [2.45, 2.75) is 32.8 Å². The van der Waals surface area contributed by atoms with Crippen LogP contribution in [0, 0.1) is 27.5 Å². The zero-order chi connectivity index (χ0) is 19.6. The minimum atomic E-state index is -0.476. The largest absolute Gasteiger partial charge is 0.490 e. The zero-order valence-corrected chi connectivity index (χ0v) is 17.4. The molecule has 1 aliphatic heterocycles. The predicted molar refractivity (Wildman–Crippen MR) is 111 cm³/mol. The summed E-state index contributed by atoms with van der Waals surface area (Å²) in [6.07, 6.45) is 1.55. The Hall–Kier alpha value is -2.16. The number of nitro benzene ring substituents is 1. The summed E-state index contributed by atoms with van der Waals surface area (Å²) in [5, 5.41) is 11.0. The third-order valence-electron chi connectivity index (χ3n) is 4.90. The Balaban J connectivity index is 1.63. The molecule has 7 heteroatoms. The molecular formula is C20H21IN2O4. The van der Waals surface area contributed by atoms with Crippen molar-refractivity contribution in [1.82, 2.24) is 4.90 Å². The lowest BCUT2D eigenvalue weighted by atomic mass is 10.1. The fourth-order valence-corrected chi connectivity index (χ4v) is 3.68. The van der Waals surface area contributed by atoms with Gasteiger partial charge >= 0.3 is 0 Å². The molecule has 0 radical (unpaired) electrons. The number of benzene rings is 2. The third-order valence-corrected chi connectivity index (χ3v) is 5.84. The van der Waals surface area contributed by atoms with Crippen LogP contribution in [0.4, 0.5) is 5.69 Å². The molecule has 6 nitrogen and oxygen atoms in total. The second-order valence-electron chi connectivity index (χ2n) is 6.78. The van der Waals surface area contributed by atoms with Crippen LogP contribution in [0.5, 0.6) is 5.75 Å². The lowest BCUT2D eigenvalue weighted by Crippen LogP contribution is -2.42. The normalized spacial score (nSPS) is 14.9. The van der Waals surface area contributed by atoms with E-state index in [4.69, 9.17) is 4.74 Å². The highest BCUT2D eigenvalue weighted by atomic mass is 127. The highest BCUT2D eigenvalue weighted by Gasteiger charge is 2.27. The molecule has 0 bridgehead atoms. The minimum absolute atomic E-state index is 0.0632. The Morgan fingerprint density at radius 1 is 1.15 bits per heavy atom. The van der Waals surface area contributed by atoms with Crippen LogP contribution in [0.1, 0.15) is 34.3 Å². The number of halogens is 1. The average Bonchev–Trinajstić information content (AvgIpc) is 2.65. The molecule has 0 saturated carbocycles. The van der Waals surface area contributed by atoms with Crippen molar-refractivity contribution in [3.05, 3.63) is 66.8 Å². The second-order valence-corrected chi connectivity index (χ2v) is 7.94. The van der Waals surface area contributed by atoms with E-state index in [-0.39, 0.29) is 17.7 Å². The van der Waals surface area contributed by atoms with E-state index >= 15 is 0 Å². The molecule has 0 aromatic heterocycles. The highest BCUT2D eigenvalue weighted by molar-refractivity contribution is 14.1. The molecule has 0 N–H and O–H groups in total. The van der Waals surface area contributed by atoms with Crippen molar-refractivity contribution in [2.75, 3.05) is 13.1 Å². The molecule has 0 aliphatic carbocycles. The van der Waals surface area contributed by atoms with Gasteiger partial charge < -0.3 is 9.64 Å². The summed E-state index contributed by atoms with van der Waals surface area (Å²) < 4.78 is 6.79. The maximum Gasteiger partial charge on any atom is 0.270 e. The van der Waals surface area contributed by atoms with Gasteiger partial charge in [0.1, 0.15) is 11.9 Å². The summed E-state index contributed by atoms with van der Waals surface area (Å²) in [6.45, 7) is 5.28. The van der Waals surface area contributed by atoms with Crippen LogP contribution in [0.15, 0.2) is 36.4 Å². The second kappa shape index (κ2) is 8.24. The van der Waals surface area contributed by atoms with Crippen LogP contribution < -0.4 is 4.74 Å². The van der Waals surface area contributed by atoms with Crippen molar-refractivity contribution in [2.24, 2.45) is 0 Å². The van der Waals surface area contributed by atoms with Gasteiger partial charge in [-0.3, -0.25) is 14.9 Å². The van der Waals surface area contributed by atoms with E-state index in [1.165, 1.54) is 23.3 Å². The number of nitrogens with zero attached hydrogens (tertiary/aromatic N) is 2. The van der Waals surface area contributed by atoms with E-state index in [1.54, 1.807) is 11.0 Å². The fourth-order valence-electron chi connectivity index (χ4n) is 3.12. The molecule has 1 amide bonds. The number of likely N-dealkylation sites (tertiary alicyclic amines) is 1. The molecule has 0 unspecified atom stereocenters.